The second kappa shape index (κ2) is 3.60. The van der Waals surface area contributed by atoms with E-state index in [1.54, 1.807) is 0 Å². The third-order valence-corrected chi connectivity index (χ3v) is 2.58. The Labute approximate surface area is 88.0 Å². The van der Waals surface area contributed by atoms with E-state index in [9.17, 15) is 21.6 Å². The molecule has 84 valence electrons. The Kier molecular flexibility index (Phi) is 2.92. The summed E-state index contributed by atoms with van der Waals surface area (Å²) in [5.74, 6) is 0. The number of sulfone groups is 1. The maximum Gasteiger partial charge on any atom is 0.420 e. The summed E-state index contributed by atoms with van der Waals surface area (Å²) in [7, 11) is -4.09. The van der Waals surface area contributed by atoms with Crippen LogP contribution in [0.15, 0.2) is 11.2 Å². The van der Waals surface area contributed by atoms with Crippen LogP contribution in [0.3, 0.4) is 0 Å². The van der Waals surface area contributed by atoms with Gasteiger partial charge < -0.3 is 0 Å². The minimum absolute atomic E-state index is 0.339. The largest absolute Gasteiger partial charge is 0.420 e. The van der Waals surface area contributed by atoms with Gasteiger partial charge in [-0.1, -0.05) is 0 Å². The smallest absolute Gasteiger partial charge is 0.226 e. The number of hydrogen-bond acceptors (Lipinski definition) is 4. The van der Waals surface area contributed by atoms with E-state index in [0.29, 0.717) is 12.5 Å². The fraction of sp³-hybridized carbons (Fsp3) is 0.333. The van der Waals surface area contributed by atoms with E-state index >= 15 is 0 Å². The van der Waals surface area contributed by atoms with Crippen molar-refractivity contribution in [2.75, 3.05) is 6.26 Å². The Morgan fingerprint density at radius 2 is 1.93 bits per heavy atom. The van der Waals surface area contributed by atoms with E-state index in [4.69, 9.17) is 11.6 Å². The number of rotatable bonds is 1. The Morgan fingerprint density at radius 1 is 1.40 bits per heavy atom. The van der Waals surface area contributed by atoms with E-state index in [-0.39, 0.29) is 0 Å². The van der Waals surface area contributed by atoms with Crippen molar-refractivity contribution in [1.29, 1.82) is 0 Å². The second-order valence-corrected chi connectivity index (χ2v) is 4.90. The third-order valence-electron chi connectivity index (χ3n) is 1.38. The lowest BCUT2D eigenvalue weighted by Gasteiger charge is -2.09. The molecule has 0 unspecified atom stereocenters. The van der Waals surface area contributed by atoms with Gasteiger partial charge in [-0.05, 0) is 11.6 Å². The van der Waals surface area contributed by atoms with Gasteiger partial charge in [0.1, 0.15) is 5.56 Å². The lowest BCUT2D eigenvalue weighted by Crippen LogP contribution is -2.15. The molecule has 0 atom stereocenters. The summed E-state index contributed by atoms with van der Waals surface area (Å²) in [6, 6.07) is 0. The first-order chi connectivity index (χ1) is 6.62. The van der Waals surface area contributed by atoms with Gasteiger partial charge in [0.2, 0.25) is 5.28 Å². The predicted molar refractivity (Wildman–Crippen MR) is 45.2 cm³/mol. The molecule has 0 N–H and O–H groups in total. The van der Waals surface area contributed by atoms with Crippen LogP contribution in [0.2, 0.25) is 5.28 Å². The highest BCUT2D eigenvalue weighted by Crippen LogP contribution is 2.32. The second-order valence-electron chi connectivity index (χ2n) is 2.63. The predicted octanol–water partition coefficient (Wildman–Crippen LogP) is 1.55. The van der Waals surface area contributed by atoms with Gasteiger partial charge in [0.25, 0.3) is 0 Å². The Hall–Kier alpha value is -0.890. The third kappa shape index (κ3) is 2.78. The van der Waals surface area contributed by atoms with Gasteiger partial charge in [-0.3, -0.25) is 0 Å². The van der Waals surface area contributed by atoms with E-state index in [1.807, 2.05) is 0 Å². The molecule has 1 rings (SSSR count). The SMILES string of the molecule is CS(=O)(=O)c1nc(Cl)ncc1C(F)(F)F. The van der Waals surface area contributed by atoms with Crippen molar-refractivity contribution in [1.82, 2.24) is 9.97 Å². The van der Waals surface area contributed by atoms with Gasteiger partial charge in [-0.2, -0.15) is 13.2 Å². The number of aromatic nitrogens is 2. The van der Waals surface area contributed by atoms with Crippen LogP contribution in [0, 0.1) is 0 Å². The first-order valence-electron chi connectivity index (χ1n) is 3.42. The van der Waals surface area contributed by atoms with Crippen molar-refractivity contribution < 1.29 is 21.6 Å². The molecule has 0 saturated carbocycles. The summed E-state index contributed by atoms with van der Waals surface area (Å²) in [4.78, 5) is 6.15. The zero-order valence-corrected chi connectivity index (χ0v) is 8.78. The van der Waals surface area contributed by atoms with Crippen LogP contribution in [0.1, 0.15) is 5.56 Å². The molecular weight excluding hydrogens is 257 g/mol. The highest BCUT2D eigenvalue weighted by atomic mass is 35.5. The number of halogens is 4. The monoisotopic (exact) mass is 260 g/mol. The lowest BCUT2D eigenvalue weighted by molar-refractivity contribution is -0.140. The Morgan fingerprint density at radius 3 is 2.33 bits per heavy atom. The Bertz CT molecular complexity index is 486. The quantitative estimate of drug-likeness (QED) is 0.568. The molecule has 0 aliphatic heterocycles. The van der Waals surface area contributed by atoms with Crippen LogP contribution < -0.4 is 0 Å². The van der Waals surface area contributed by atoms with Crippen molar-refractivity contribution in [3.05, 3.63) is 17.0 Å². The van der Waals surface area contributed by atoms with Crippen LogP contribution >= 0.6 is 11.6 Å². The van der Waals surface area contributed by atoms with Crippen LogP contribution in [-0.2, 0) is 16.0 Å². The standard InChI is InChI=1S/C6H4ClF3N2O2S/c1-15(13,14)4-3(6(8,9)10)2-11-5(7)12-4/h2H,1H3. The minimum atomic E-state index is -4.83. The van der Waals surface area contributed by atoms with Crippen molar-refractivity contribution in [3.63, 3.8) is 0 Å². The number of alkyl halides is 3. The fourth-order valence-electron chi connectivity index (χ4n) is 0.823. The summed E-state index contributed by atoms with van der Waals surface area (Å²) < 4.78 is 59.0. The van der Waals surface area contributed by atoms with Crippen molar-refractivity contribution >= 4 is 21.4 Å². The van der Waals surface area contributed by atoms with Gasteiger partial charge in [0, 0.05) is 12.5 Å². The highest BCUT2D eigenvalue weighted by molar-refractivity contribution is 7.90. The summed E-state index contributed by atoms with van der Waals surface area (Å²) in [6.45, 7) is 0. The fourth-order valence-corrected chi connectivity index (χ4v) is 1.83. The molecule has 0 spiro atoms. The van der Waals surface area contributed by atoms with E-state index in [1.165, 1.54) is 0 Å². The van der Waals surface area contributed by atoms with Crippen molar-refractivity contribution in [3.8, 4) is 0 Å². The van der Waals surface area contributed by atoms with Crippen LogP contribution in [0.5, 0.6) is 0 Å². The number of hydrogen-bond donors (Lipinski definition) is 0. The van der Waals surface area contributed by atoms with Gasteiger partial charge in [-0.15, -0.1) is 0 Å². The summed E-state index contributed by atoms with van der Waals surface area (Å²) in [5, 5.41) is -1.67. The molecule has 0 aliphatic rings. The van der Waals surface area contributed by atoms with Gasteiger partial charge in [-0.25, -0.2) is 18.4 Å². The molecule has 15 heavy (non-hydrogen) atoms. The number of nitrogens with zero attached hydrogens (tertiary/aromatic N) is 2. The van der Waals surface area contributed by atoms with Crippen LogP contribution in [0.25, 0.3) is 0 Å². The molecule has 0 radical (unpaired) electrons. The summed E-state index contributed by atoms with van der Waals surface area (Å²) in [5.41, 5.74) is -1.42. The van der Waals surface area contributed by atoms with Crippen molar-refractivity contribution in [2.24, 2.45) is 0 Å². The summed E-state index contributed by atoms with van der Waals surface area (Å²) in [6.07, 6.45) is -3.88. The molecule has 1 aromatic heterocycles. The van der Waals surface area contributed by atoms with Gasteiger partial charge in [0.05, 0.1) is 0 Å². The molecule has 0 aliphatic carbocycles. The average molecular weight is 261 g/mol. The highest BCUT2D eigenvalue weighted by Gasteiger charge is 2.37. The minimum Gasteiger partial charge on any atom is -0.226 e. The lowest BCUT2D eigenvalue weighted by atomic mass is 10.3. The van der Waals surface area contributed by atoms with Gasteiger partial charge in [0.15, 0.2) is 14.9 Å². The maximum atomic E-state index is 12.3. The first kappa shape index (κ1) is 12.2. The molecule has 9 heteroatoms. The normalized spacial score (nSPS) is 12.9. The van der Waals surface area contributed by atoms with Crippen LogP contribution in [0.4, 0.5) is 13.2 Å². The van der Waals surface area contributed by atoms with E-state index < -0.39 is 31.9 Å². The molecule has 0 bridgehead atoms. The molecule has 0 aromatic carbocycles. The van der Waals surface area contributed by atoms with Crippen molar-refractivity contribution in [2.45, 2.75) is 11.2 Å². The summed E-state index contributed by atoms with van der Waals surface area (Å²) >= 11 is 5.22. The molecule has 1 aromatic rings. The first-order valence-corrected chi connectivity index (χ1v) is 5.69. The molecule has 1 heterocycles. The molecule has 0 saturated heterocycles. The molecule has 0 fully saturated rings. The van der Waals surface area contributed by atoms with Crippen LogP contribution in [-0.4, -0.2) is 24.6 Å². The molecule has 0 amide bonds. The average Bonchev–Trinajstić information content (AvgIpc) is 2.00. The van der Waals surface area contributed by atoms with E-state index in [0.717, 1.165) is 0 Å². The topological polar surface area (TPSA) is 59.9 Å². The zero-order valence-electron chi connectivity index (χ0n) is 7.21. The van der Waals surface area contributed by atoms with Gasteiger partial charge >= 0.3 is 6.18 Å². The molecular formula is C6H4ClF3N2O2S. The maximum absolute atomic E-state index is 12.3. The van der Waals surface area contributed by atoms with E-state index in [2.05, 4.69) is 9.97 Å². The zero-order chi connectivity index (χ0) is 11.9. The Balaban J connectivity index is 3.55. The molecule has 4 nitrogen and oxygen atoms in total.